The van der Waals surface area contributed by atoms with Crippen LogP contribution < -0.4 is 0 Å². The van der Waals surface area contributed by atoms with Crippen molar-refractivity contribution in [2.45, 2.75) is 0 Å². The maximum absolute atomic E-state index is 10.5. The van der Waals surface area contributed by atoms with Gasteiger partial charge in [-0.1, -0.05) is 151 Å². The van der Waals surface area contributed by atoms with Gasteiger partial charge in [0.1, 0.15) is 11.2 Å². The molecule has 0 bridgehead atoms. The summed E-state index contributed by atoms with van der Waals surface area (Å²) in [6, 6.07) is -38.5. The lowest BCUT2D eigenvalue weighted by Crippen LogP contribution is -2.12. The van der Waals surface area contributed by atoms with Crippen LogP contribution in [0, 0.1) is 0 Å². The van der Waals surface area contributed by atoms with E-state index < -0.39 is 367 Å². The molecule has 0 amide bonds. The van der Waals surface area contributed by atoms with E-state index in [1.54, 1.807) is 0 Å². The number of fused-ring (bicyclic) bond motifs is 16. The summed E-state index contributed by atoms with van der Waals surface area (Å²) < 4.78 is 356. The van der Waals surface area contributed by atoms with Gasteiger partial charge in [0.15, 0.2) is 5.82 Å². The predicted octanol–water partition coefficient (Wildman–Crippen LogP) is 15.8. The van der Waals surface area contributed by atoms with Crippen molar-refractivity contribution in [3.63, 3.8) is 0 Å². The van der Waals surface area contributed by atoms with Crippen LogP contribution in [0.1, 0.15) is 50.7 Å². The van der Waals surface area contributed by atoms with Crippen molar-refractivity contribution in [2.24, 2.45) is 0 Å². The summed E-state index contributed by atoms with van der Waals surface area (Å²) in [4.78, 5) is 14.6. The molecule has 330 valence electrons. The SMILES string of the molecule is [2H]c1c([2H])c(-n2c3c([2H])c([2H])c([2H])c([2H])c3c3c([2H])c([2H])c([2H])c([2H])c32)c(-c2nc(-n3c4c([2H])c([2H])c([2H])c([2H])c4c4c([2H])c([2H])c([2H])c([2H])c43)nc(-n3c4c([2H])c([2H])c([2H])c([2H])c4c4c([2H])c([2H])c([2H])c([2H])c43)n2)c(-n2c3c([2H])c([2H])c([2H])c([2H])c3c3c([2H])c([2H])c4oc5c([2H])c([2H])c([2H])c([2H])c5c4c32)c1[2H]. The summed E-state index contributed by atoms with van der Waals surface area (Å²) >= 11 is 0. The second-order valence-electron chi connectivity index (χ2n) is 15.6. The average molecular weight is 945 g/mol. The Kier molecular flexibility index (Phi) is 3.50. The van der Waals surface area contributed by atoms with Gasteiger partial charge in [-0.2, -0.15) is 15.0 Å². The molecule has 6 heterocycles. The third kappa shape index (κ3) is 5.25. The third-order valence-corrected chi connectivity index (χ3v) is 12.1. The largest absolute Gasteiger partial charge is 0.456 e. The Balaban J connectivity index is 1.30. The smallest absolute Gasteiger partial charge is 0.240 e. The Bertz CT molecular complexity index is 6740. The predicted molar refractivity (Wildman–Crippen MR) is 290 cm³/mol. The molecule has 0 fully saturated rings. The number of benzene rings is 10. The van der Waals surface area contributed by atoms with Crippen molar-refractivity contribution in [2.75, 3.05) is 0 Å². The van der Waals surface area contributed by atoms with Crippen LogP contribution in [0.5, 0.6) is 0 Å². The maximum atomic E-state index is 10.5. The zero-order valence-corrected chi connectivity index (χ0v) is 35.0. The molecule has 8 nitrogen and oxygen atoms in total. The van der Waals surface area contributed by atoms with Gasteiger partial charge in [0.05, 0.1) is 117 Å². The molecule has 0 aliphatic carbocycles. The second kappa shape index (κ2) is 14.4. The fraction of sp³-hybridized carbons (Fsp3) is 0. The number of rotatable bonds is 5. The van der Waals surface area contributed by atoms with Gasteiger partial charge in [0.2, 0.25) is 11.9 Å². The molecule has 0 aliphatic heterocycles. The first kappa shape index (κ1) is 17.3. The number of aromatic nitrogens is 7. The van der Waals surface area contributed by atoms with Crippen molar-refractivity contribution in [1.82, 2.24) is 33.2 Å². The highest BCUT2D eigenvalue weighted by atomic mass is 16.3. The standard InChI is InChI=1S/C63H37N7O/c1-9-26-47-38(18-1)39-19-2-10-27-48(39)67(47)54-33-17-34-55(68-49-28-11-7-24-44(49)45-36-37-57-58(60(45)68)46-25-8-16-35-56(46)71-57)59(54)61-64-62(69-50-29-12-3-20-40(50)41-21-4-13-30-51(41)69)66-63(65-61)70-52-31-14-5-22-42(52)43-23-6-15-32-53(43)70/h1-37H/i1D,2D,3D,4D,5D,6D,7D,8D,9D,10D,11D,12D,13D,14D,15D,16D,17D,18D,19D,20D,21D,22D,23D,24D,25D,26D,27D,28D,29D,30D,31D,32D,33D,34D,35D,36D,37D. The highest BCUT2D eigenvalue weighted by Crippen LogP contribution is 2.45. The Labute approximate surface area is 456 Å². The Morgan fingerprint density at radius 2 is 0.662 bits per heavy atom. The van der Waals surface area contributed by atoms with Crippen LogP contribution >= 0.6 is 0 Å². The lowest BCUT2D eigenvalue weighted by atomic mass is 10.1. The van der Waals surface area contributed by atoms with Crippen LogP contribution in [-0.2, 0) is 0 Å². The molecular weight excluding hydrogens is 871 g/mol. The van der Waals surface area contributed by atoms with Crippen LogP contribution in [0.4, 0.5) is 0 Å². The zero-order chi connectivity index (χ0) is 78.5. The first-order chi connectivity index (χ1) is 50.6. The number of furan rings is 1. The summed E-state index contributed by atoms with van der Waals surface area (Å²) in [6.45, 7) is 0. The zero-order valence-electron chi connectivity index (χ0n) is 72.0. The number of para-hydroxylation sites is 8. The first-order valence-corrected chi connectivity index (χ1v) is 20.9. The average Bonchev–Trinajstić information content (AvgIpc) is 1.51. The van der Waals surface area contributed by atoms with E-state index in [0.717, 1.165) is 0 Å². The highest BCUT2D eigenvalue weighted by molar-refractivity contribution is 6.25. The molecule has 0 atom stereocenters. The number of hydrogen-bond donors (Lipinski definition) is 0. The lowest BCUT2D eigenvalue weighted by molar-refractivity contribution is 0.669. The monoisotopic (exact) mass is 945 g/mol. The van der Waals surface area contributed by atoms with Gasteiger partial charge in [-0.25, -0.2) is 0 Å². The van der Waals surface area contributed by atoms with E-state index in [4.69, 9.17) is 38.6 Å². The van der Waals surface area contributed by atoms with E-state index in [9.17, 15) is 31.5 Å². The molecule has 0 saturated carbocycles. The normalized spacial score (nSPS) is 19.5. The number of hydrogen-bond acceptors (Lipinski definition) is 4. The molecule has 71 heavy (non-hydrogen) atoms. The molecule has 0 spiro atoms. The Morgan fingerprint density at radius 3 is 1.13 bits per heavy atom. The van der Waals surface area contributed by atoms with E-state index in [-0.39, 0.29) is 0 Å². The quantitative estimate of drug-likeness (QED) is 0.172. The van der Waals surface area contributed by atoms with Crippen molar-refractivity contribution >= 4 is 109 Å². The minimum absolute atomic E-state index is 0.614. The molecule has 16 aromatic rings. The van der Waals surface area contributed by atoms with Crippen molar-refractivity contribution in [3.8, 4) is 34.7 Å². The van der Waals surface area contributed by atoms with Crippen molar-refractivity contribution in [3.05, 3.63) is 224 Å². The van der Waals surface area contributed by atoms with Crippen LogP contribution in [0.15, 0.2) is 228 Å². The number of nitrogens with zero attached hydrogens (tertiary/aromatic N) is 7. The molecule has 0 N–H and O–H groups in total. The fourth-order valence-corrected chi connectivity index (χ4v) is 9.32. The maximum Gasteiger partial charge on any atom is 0.240 e. The molecule has 0 radical (unpaired) electrons. The highest BCUT2D eigenvalue weighted by Gasteiger charge is 2.28. The summed E-state index contributed by atoms with van der Waals surface area (Å²) in [5, 5.41) is -6.87. The second-order valence-corrected chi connectivity index (χ2v) is 15.6. The molecule has 0 unspecified atom stereocenters. The van der Waals surface area contributed by atoms with Crippen molar-refractivity contribution in [1.29, 1.82) is 0 Å². The molecule has 16 rings (SSSR count). The molecule has 10 aromatic carbocycles. The van der Waals surface area contributed by atoms with E-state index in [1.165, 1.54) is 0 Å². The van der Waals surface area contributed by atoms with Gasteiger partial charge < -0.3 is 13.6 Å². The lowest BCUT2D eigenvalue weighted by Gasteiger charge is -2.20. The summed E-state index contributed by atoms with van der Waals surface area (Å²) in [6.07, 6.45) is 0. The Morgan fingerprint density at radius 1 is 0.296 bits per heavy atom. The molecular formula is C63H37N7O. The summed E-state index contributed by atoms with van der Waals surface area (Å²) in [5.41, 5.74) is -11.6. The van der Waals surface area contributed by atoms with Crippen LogP contribution in [0.3, 0.4) is 0 Å². The van der Waals surface area contributed by atoms with Crippen LogP contribution in [0.25, 0.3) is 144 Å². The van der Waals surface area contributed by atoms with Gasteiger partial charge in [-0.15, -0.1) is 0 Å². The van der Waals surface area contributed by atoms with Crippen LogP contribution in [0.2, 0.25) is 0 Å². The minimum Gasteiger partial charge on any atom is -0.456 e. The third-order valence-electron chi connectivity index (χ3n) is 12.1. The summed E-state index contributed by atoms with van der Waals surface area (Å²) in [5.74, 6) is -3.62. The van der Waals surface area contributed by atoms with E-state index in [1.807, 2.05) is 0 Å². The van der Waals surface area contributed by atoms with Crippen molar-refractivity contribution < 1.29 is 55.1 Å². The van der Waals surface area contributed by atoms with E-state index in [0.29, 0.717) is 18.3 Å². The minimum atomic E-state index is -1.33. The Hall–Kier alpha value is -9.79. The van der Waals surface area contributed by atoms with Gasteiger partial charge in [-0.05, 0) is 72.5 Å². The first-order valence-electron chi connectivity index (χ1n) is 39.4. The molecule has 0 aliphatic rings. The van der Waals surface area contributed by atoms with Gasteiger partial charge >= 0.3 is 0 Å². The van der Waals surface area contributed by atoms with E-state index in [2.05, 4.69) is 0 Å². The fourth-order valence-electron chi connectivity index (χ4n) is 9.32. The van der Waals surface area contributed by atoms with Crippen LogP contribution in [-0.4, -0.2) is 33.2 Å². The summed E-state index contributed by atoms with van der Waals surface area (Å²) in [7, 11) is 0. The molecule has 0 saturated heterocycles. The van der Waals surface area contributed by atoms with E-state index >= 15 is 0 Å². The molecule has 8 heteroatoms. The van der Waals surface area contributed by atoms with Gasteiger partial charge in [-0.3, -0.25) is 9.13 Å². The molecule has 6 aromatic heterocycles. The van der Waals surface area contributed by atoms with Gasteiger partial charge in [0, 0.05) is 48.5 Å². The van der Waals surface area contributed by atoms with Gasteiger partial charge in [0.25, 0.3) is 0 Å². The topological polar surface area (TPSA) is 71.5 Å².